The van der Waals surface area contributed by atoms with E-state index < -0.39 is 0 Å². The van der Waals surface area contributed by atoms with E-state index in [1.807, 2.05) is 20.0 Å². The lowest BCUT2D eigenvalue weighted by molar-refractivity contribution is 0.119. The molecule has 4 rings (SSSR count). The molecule has 31 heavy (non-hydrogen) atoms. The van der Waals surface area contributed by atoms with Crippen molar-refractivity contribution in [2.24, 2.45) is 15.7 Å². The van der Waals surface area contributed by atoms with Gasteiger partial charge in [-0.15, -0.1) is 0 Å². The van der Waals surface area contributed by atoms with Gasteiger partial charge in [0.25, 0.3) is 0 Å². The predicted octanol–water partition coefficient (Wildman–Crippen LogP) is 2.39. The average molecular weight is 424 g/mol. The van der Waals surface area contributed by atoms with Gasteiger partial charge in [-0.1, -0.05) is 6.07 Å². The molecule has 2 aliphatic rings. The van der Waals surface area contributed by atoms with E-state index in [0.29, 0.717) is 18.5 Å². The molecule has 3 heterocycles. The maximum Gasteiger partial charge on any atom is 0.176 e. The van der Waals surface area contributed by atoms with E-state index in [2.05, 4.69) is 56.5 Å². The first kappa shape index (κ1) is 21.5. The maximum atomic E-state index is 6.04. The molecule has 8 heteroatoms. The third-order valence-corrected chi connectivity index (χ3v) is 5.99. The highest BCUT2D eigenvalue weighted by Crippen LogP contribution is 2.35. The topological polar surface area (TPSA) is 84.3 Å². The van der Waals surface area contributed by atoms with E-state index in [0.717, 1.165) is 55.6 Å². The molecule has 2 aromatic rings. The predicted molar refractivity (Wildman–Crippen MR) is 125 cm³/mol. The molecule has 1 saturated heterocycles. The third-order valence-electron chi connectivity index (χ3n) is 5.99. The number of amidine groups is 1. The molecule has 2 N–H and O–H groups in total. The molecule has 0 saturated carbocycles. The molecule has 1 aromatic heterocycles. The molecule has 1 unspecified atom stereocenters. The Labute approximate surface area is 184 Å². The fourth-order valence-electron chi connectivity index (χ4n) is 4.17. The van der Waals surface area contributed by atoms with Gasteiger partial charge in [0.2, 0.25) is 0 Å². The molecule has 1 aromatic carbocycles. The van der Waals surface area contributed by atoms with Crippen molar-refractivity contribution in [3.05, 3.63) is 35.7 Å². The molecule has 166 valence electrons. The van der Waals surface area contributed by atoms with Crippen molar-refractivity contribution in [2.45, 2.75) is 39.4 Å². The van der Waals surface area contributed by atoms with Crippen LogP contribution >= 0.6 is 0 Å². The quantitative estimate of drug-likeness (QED) is 0.603. The summed E-state index contributed by atoms with van der Waals surface area (Å²) < 4.78 is 8.17. The van der Waals surface area contributed by atoms with Crippen molar-refractivity contribution in [1.82, 2.24) is 19.4 Å². The van der Waals surface area contributed by atoms with Crippen LogP contribution in [-0.4, -0.2) is 77.4 Å². The Balaban J connectivity index is 1.70. The number of likely N-dealkylation sites (N-methyl/N-ethyl adjacent to an activating group) is 1. The van der Waals surface area contributed by atoms with E-state index in [1.165, 1.54) is 11.9 Å². The lowest BCUT2D eigenvalue weighted by Gasteiger charge is -2.36. The smallest absolute Gasteiger partial charge is 0.176 e. The van der Waals surface area contributed by atoms with Crippen LogP contribution in [0.5, 0.6) is 5.75 Å². The summed E-state index contributed by atoms with van der Waals surface area (Å²) in [5, 5.41) is 0. The van der Waals surface area contributed by atoms with Gasteiger partial charge in [-0.05, 0) is 45.5 Å². The normalized spacial score (nSPS) is 19.2. The number of hydrogen-bond donors (Lipinski definition) is 1. The van der Waals surface area contributed by atoms with Gasteiger partial charge >= 0.3 is 0 Å². The van der Waals surface area contributed by atoms with Crippen LogP contribution in [0.2, 0.25) is 0 Å². The van der Waals surface area contributed by atoms with Crippen LogP contribution in [0.1, 0.15) is 38.1 Å². The van der Waals surface area contributed by atoms with Gasteiger partial charge in [-0.3, -0.25) is 9.89 Å². The minimum absolute atomic E-state index is 0.104. The first-order valence-electron chi connectivity index (χ1n) is 11.1. The molecular formula is C23H33N7O. The second kappa shape index (κ2) is 9.20. The van der Waals surface area contributed by atoms with E-state index >= 15 is 0 Å². The molecule has 8 nitrogen and oxygen atoms in total. The number of benzene rings is 1. The van der Waals surface area contributed by atoms with Crippen molar-refractivity contribution in [3.8, 4) is 17.1 Å². The van der Waals surface area contributed by atoms with Crippen molar-refractivity contribution in [3.63, 3.8) is 0 Å². The fraction of sp³-hybridized carbons (Fsp3) is 0.522. The molecule has 0 radical (unpaired) electrons. The van der Waals surface area contributed by atoms with E-state index in [4.69, 9.17) is 15.5 Å². The standard InChI is InChI=1S/C23H33N7O/c1-16(2)26-22(25-15-24)20-14-30-11-12-31-21-6-5-18(13-19(21)23(30)27-20)17(3)29-9-7-28(4)8-10-29/h5-6,13-17H,7-12H2,1-4H3,(H2,24,25,26). The molecule has 1 fully saturated rings. The van der Waals surface area contributed by atoms with Gasteiger partial charge in [0.1, 0.15) is 23.9 Å². The van der Waals surface area contributed by atoms with Crippen molar-refractivity contribution in [1.29, 1.82) is 0 Å². The van der Waals surface area contributed by atoms with Crippen LogP contribution in [0.25, 0.3) is 11.4 Å². The van der Waals surface area contributed by atoms with Crippen molar-refractivity contribution in [2.75, 3.05) is 39.8 Å². The Kier molecular flexibility index (Phi) is 6.38. The van der Waals surface area contributed by atoms with Crippen LogP contribution in [0, 0.1) is 0 Å². The summed E-state index contributed by atoms with van der Waals surface area (Å²) in [6.07, 6.45) is 3.28. The van der Waals surface area contributed by atoms with Gasteiger partial charge in [-0.2, -0.15) is 0 Å². The lowest BCUT2D eigenvalue weighted by atomic mass is 10.0. The molecule has 0 spiro atoms. The Bertz CT molecular complexity index is 970. The maximum absolute atomic E-state index is 6.04. The number of imidazole rings is 1. The monoisotopic (exact) mass is 423 g/mol. The Morgan fingerprint density at radius 3 is 2.65 bits per heavy atom. The number of rotatable bonds is 4. The number of aliphatic imine (C=N–C) groups is 2. The minimum atomic E-state index is 0.104. The highest BCUT2D eigenvalue weighted by Gasteiger charge is 2.24. The number of piperazine rings is 1. The van der Waals surface area contributed by atoms with Gasteiger partial charge in [0.15, 0.2) is 5.84 Å². The molecule has 1 atom stereocenters. The van der Waals surface area contributed by atoms with Gasteiger partial charge < -0.3 is 19.9 Å². The first-order chi connectivity index (χ1) is 15.0. The Morgan fingerprint density at radius 1 is 1.16 bits per heavy atom. The van der Waals surface area contributed by atoms with Crippen LogP contribution in [-0.2, 0) is 6.54 Å². The van der Waals surface area contributed by atoms with Gasteiger partial charge in [0, 0.05) is 44.5 Å². The number of nitrogens with zero attached hydrogens (tertiary/aromatic N) is 6. The number of nitrogens with two attached hydrogens (primary N) is 1. The Morgan fingerprint density at radius 2 is 1.94 bits per heavy atom. The second-order valence-corrected chi connectivity index (χ2v) is 8.59. The zero-order valence-electron chi connectivity index (χ0n) is 19.0. The summed E-state index contributed by atoms with van der Waals surface area (Å²) in [4.78, 5) is 18.7. The highest BCUT2D eigenvalue weighted by molar-refractivity contribution is 6.01. The highest BCUT2D eigenvalue weighted by atomic mass is 16.5. The zero-order chi connectivity index (χ0) is 22.0. The summed E-state index contributed by atoms with van der Waals surface area (Å²) >= 11 is 0. The SMILES string of the molecule is CC(C)N=C(N=CN)c1cn2c(n1)-c1cc(C(C)N3CCN(C)CC3)ccc1OCC2. The number of hydrogen-bond acceptors (Lipinski definition) is 5. The van der Waals surface area contributed by atoms with Gasteiger partial charge in [0.05, 0.1) is 18.4 Å². The zero-order valence-corrected chi connectivity index (χ0v) is 19.0. The lowest BCUT2D eigenvalue weighted by Crippen LogP contribution is -2.45. The molecule has 0 bridgehead atoms. The Hall–Kier alpha value is -2.71. The molecule has 2 aliphatic heterocycles. The molecule has 0 amide bonds. The summed E-state index contributed by atoms with van der Waals surface area (Å²) in [6.45, 7) is 12.0. The van der Waals surface area contributed by atoms with E-state index in [-0.39, 0.29) is 6.04 Å². The van der Waals surface area contributed by atoms with Crippen LogP contribution in [0.15, 0.2) is 34.4 Å². The van der Waals surface area contributed by atoms with E-state index in [1.54, 1.807) is 0 Å². The summed E-state index contributed by atoms with van der Waals surface area (Å²) in [5.74, 6) is 2.32. The summed E-state index contributed by atoms with van der Waals surface area (Å²) in [5.41, 5.74) is 8.59. The van der Waals surface area contributed by atoms with Gasteiger partial charge in [-0.25, -0.2) is 9.98 Å². The van der Waals surface area contributed by atoms with Crippen LogP contribution < -0.4 is 10.5 Å². The summed E-state index contributed by atoms with van der Waals surface area (Å²) in [6, 6.07) is 6.95. The largest absolute Gasteiger partial charge is 0.491 e. The first-order valence-corrected chi connectivity index (χ1v) is 11.1. The van der Waals surface area contributed by atoms with E-state index in [9.17, 15) is 0 Å². The number of fused-ring (bicyclic) bond motifs is 3. The van der Waals surface area contributed by atoms with Crippen LogP contribution in [0.4, 0.5) is 0 Å². The molecular weight excluding hydrogens is 390 g/mol. The van der Waals surface area contributed by atoms with Crippen molar-refractivity contribution < 1.29 is 4.74 Å². The van der Waals surface area contributed by atoms with Crippen LogP contribution in [0.3, 0.4) is 0 Å². The molecule has 0 aliphatic carbocycles. The number of ether oxygens (including phenoxy) is 1. The third kappa shape index (κ3) is 4.65. The second-order valence-electron chi connectivity index (χ2n) is 8.59. The van der Waals surface area contributed by atoms with Crippen molar-refractivity contribution >= 4 is 12.2 Å². The summed E-state index contributed by atoms with van der Waals surface area (Å²) in [7, 11) is 2.19. The number of aromatic nitrogens is 2. The fourth-order valence-corrected chi connectivity index (χ4v) is 4.17. The minimum Gasteiger partial charge on any atom is -0.491 e. The average Bonchev–Trinajstić information content (AvgIpc) is 3.10.